The molecule has 0 saturated heterocycles. The molecule has 0 bridgehead atoms. The Morgan fingerprint density at radius 2 is 1.23 bits per heavy atom. The van der Waals surface area contributed by atoms with Gasteiger partial charge in [0.1, 0.15) is 18.1 Å². The van der Waals surface area contributed by atoms with E-state index in [1.54, 1.807) is 72.8 Å². The lowest BCUT2D eigenvalue weighted by atomic mass is 10.2. The fourth-order valence-corrected chi connectivity index (χ4v) is 5.16. The number of hydrogen-bond acceptors (Lipinski definition) is 6. The molecule has 0 aromatic heterocycles. The number of amides is 1. The van der Waals surface area contributed by atoms with E-state index in [1.165, 1.54) is 0 Å². The molecule has 0 heterocycles. The van der Waals surface area contributed by atoms with Crippen LogP contribution in [-0.4, -0.2) is 6.09 Å². The van der Waals surface area contributed by atoms with Crippen LogP contribution in [0.3, 0.4) is 0 Å². The summed E-state index contributed by atoms with van der Waals surface area (Å²) in [7, 11) is -4.11. The summed E-state index contributed by atoms with van der Waals surface area (Å²) >= 11 is 0. The van der Waals surface area contributed by atoms with E-state index >= 15 is 0 Å². The number of para-hydroxylation sites is 2. The first-order valence-corrected chi connectivity index (χ1v) is 12.5. The Hall–Kier alpha value is -4.22. The fraction of sp³-hybridized carbons (Fsp3) is 0.0741. The van der Waals surface area contributed by atoms with Gasteiger partial charge in [0.2, 0.25) is 0 Å². The van der Waals surface area contributed by atoms with Crippen LogP contribution in [-0.2, 0) is 15.9 Å². The number of carbonyl (C=O) groups excluding carboxylic acids is 1. The van der Waals surface area contributed by atoms with Crippen LogP contribution in [0, 0.1) is 0 Å². The van der Waals surface area contributed by atoms with Gasteiger partial charge < -0.3 is 24.8 Å². The molecule has 1 amide bonds. The quantitative estimate of drug-likeness (QED) is 0.205. The monoisotopic (exact) mass is 488 g/mol. The Bertz CT molecular complexity index is 1220. The van der Waals surface area contributed by atoms with E-state index in [0.717, 1.165) is 5.56 Å². The Balaban J connectivity index is 1.66. The van der Waals surface area contributed by atoms with Crippen LogP contribution >= 0.6 is 7.60 Å². The molecule has 1 atom stereocenters. The molecule has 4 aromatic carbocycles. The smallest absolute Gasteiger partial charge is 0.445 e. The SMILES string of the molecule is Nc1ccc(C(NC(=O)OCc2ccccc2)P(=O)(Oc2ccccc2)Oc2ccccc2)cc1. The second-order valence-corrected chi connectivity index (χ2v) is 9.59. The molecule has 0 radical (unpaired) electrons. The van der Waals surface area contributed by atoms with Crippen molar-refractivity contribution in [1.29, 1.82) is 0 Å². The topological polar surface area (TPSA) is 99.9 Å². The minimum absolute atomic E-state index is 0.0461. The largest absolute Gasteiger partial charge is 0.457 e. The van der Waals surface area contributed by atoms with Crippen molar-refractivity contribution in [3.63, 3.8) is 0 Å². The fourth-order valence-electron chi connectivity index (χ4n) is 3.28. The second kappa shape index (κ2) is 11.3. The van der Waals surface area contributed by atoms with Crippen LogP contribution < -0.4 is 20.1 Å². The number of nitrogens with one attached hydrogen (secondary N) is 1. The minimum atomic E-state index is -4.11. The van der Waals surface area contributed by atoms with E-state index in [0.29, 0.717) is 22.7 Å². The molecular formula is C27H25N2O5P. The molecule has 0 aliphatic rings. The average molecular weight is 488 g/mol. The van der Waals surface area contributed by atoms with Gasteiger partial charge in [-0.2, -0.15) is 0 Å². The Morgan fingerprint density at radius 3 is 1.74 bits per heavy atom. The van der Waals surface area contributed by atoms with Crippen molar-refractivity contribution in [3.8, 4) is 11.5 Å². The zero-order chi connectivity index (χ0) is 24.5. The van der Waals surface area contributed by atoms with E-state index in [-0.39, 0.29) is 6.61 Å². The molecule has 4 rings (SSSR count). The molecule has 7 nitrogen and oxygen atoms in total. The maximum Gasteiger partial charge on any atom is 0.457 e. The molecule has 8 heteroatoms. The molecule has 4 aromatic rings. The summed E-state index contributed by atoms with van der Waals surface area (Å²) in [5.74, 6) is -0.537. The number of anilines is 1. The van der Waals surface area contributed by atoms with Gasteiger partial charge in [-0.3, -0.25) is 0 Å². The molecule has 178 valence electrons. The summed E-state index contributed by atoms with van der Waals surface area (Å²) in [6, 6.07) is 33.1. The van der Waals surface area contributed by atoms with Crippen LogP contribution in [0.4, 0.5) is 10.5 Å². The first-order chi connectivity index (χ1) is 17.0. The third-order valence-corrected chi connectivity index (χ3v) is 6.98. The van der Waals surface area contributed by atoms with Crippen LogP contribution in [0.1, 0.15) is 16.9 Å². The third kappa shape index (κ3) is 6.65. The van der Waals surface area contributed by atoms with Crippen LogP contribution in [0.2, 0.25) is 0 Å². The highest BCUT2D eigenvalue weighted by Gasteiger charge is 2.42. The number of rotatable bonds is 9. The molecule has 0 aliphatic carbocycles. The number of ether oxygens (including phenoxy) is 1. The van der Waals surface area contributed by atoms with Crippen molar-refractivity contribution in [2.75, 3.05) is 5.73 Å². The lowest BCUT2D eigenvalue weighted by Crippen LogP contribution is -2.31. The van der Waals surface area contributed by atoms with Gasteiger partial charge in [-0.15, -0.1) is 0 Å². The summed E-state index contributed by atoms with van der Waals surface area (Å²) < 4.78 is 31.7. The normalized spacial score (nSPS) is 11.8. The standard InChI is InChI=1S/C27H25N2O5P/c28-23-18-16-22(17-19-23)26(29-27(30)32-20-21-10-4-1-5-11-21)35(31,33-24-12-6-2-7-13-24)34-25-14-8-3-9-15-25/h1-19,26H,20,28H2,(H,29,30). The van der Waals surface area contributed by atoms with E-state index < -0.39 is 19.5 Å². The zero-order valence-corrected chi connectivity index (χ0v) is 19.7. The van der Waals surface area contributed by atoms with Gasteiger partial charge in [0.05, 0.1) is 0 Å². The number of hydrogen-bond donors (Lipinski definition) is 2. The predicted molar refractivity (Wildman–Crippen MR) is 135 cm³/mol. The Labute approximate surface area is 204 Å². The number of benzene rings is 4. The van der Waals surface area contributed by atoms with Crippen molar-refractivity contribution >= 4 is 19.4 Å². The Morgan fingerprint density at radius 1 is 0.743 bits per heavy atom. The maximum absolute atomic E-state index is 14.4. The van der Waals surface area contributed by atoms with Gasteiger partial charge in [0, 0.05) is 5.69 Å². The first kappa shape index (κ1) is 23.9. The van der Waals surface area contributed by atoms with Gasteiger partial charge in [-0.05, 0) is 47.5 Å². The molecule has 0 saturated carbocycles. The van der Waals surface area contributed by atoms with E-state index in [1.807, 2.05) is 42.5 Å². The molecule has 0 spiro atoms. The highest BCUT2D eigenvalue weighted by atomic mass is 31.2. The average Bonchev–Trinajstić information content (AvgIpc) is 2.88. The van der Waals surface area contributed by atoms with Gasteiger partial charge >= 0.3 is 13.7 Å². The summed E-state index contributed by atoms with van der Waals surface area (Å²) in [5, 5.41) is 2.69. The first-order valence-electron chi connectivity index (χ1n) is 10.9. The summed E-state index contributed by atoms with van der Waals surface area (Å²) in [6.07, 6.45) is -0.774. The van der Waals surface area contributed by atoms with E-state index in [4.69, 9.17) is 19.5 Å². The van der Waals surface area contributed by atoms with Crippen LogP contribution in [0.15, 0.2) is 115 Å². The van der Waals surface area contributed by atoms with Crippen LogP contribution in [0.5, 0.6) is 11.5 Å². The highest BCUT2D eigenvalue weighted by Crippen LogP contribution is 2.59. The minimum Gasteiger partial charge on any atom is -0.445 e. The second-order valence-electron chi connectivity index (χ2n) is 7.62. The van der Waals surface area contributed by atoms with Gasteiger partial charge in [0.25, 0.3) is 0 Å². The lowest BCUT2D eigenvalue weighted by Gasteiger charge is -2.28. The van der Waals surface area contributed by atoms with Gasteiger partial charge in [-0.25, -0.2) is 9.36 Å². The van der Waals surface area contributed by atoms with Crippen molar-refractivity contribution in [2.45, 2.75) is 12.4 Å². The molecule has 0 fully saturated rings. The maximum atomic E-state index is 14.4. The van der Waals surface area contributed by atoms with E-state index in [2.05, 4.69) is 5.32 Å². The van der Waals surface area contributed by atoms with Crippen molar-refractivity contribution in [2.24, 2.45) is 0 Å². The van der Waals surface area contributed by atoms with Gasteiger partial charge in [0.15, 0.2) is 5.78 Å². The molecule has 3 N–H and O–H groups in total. The van der Waals surface area contributed by atoms with Crippen molar-refractivity contribution in [1.82, 2.24) is 5.32 Å². The Kier molecular flexibility index (Phi) is 7.70. The highest BCUT2D eigenvalue weighted by molar-refractivity contribution is 7.55. The molecule has 0 aliphatic heterocycles. The summed E-state index contributed by atoms with van der Waals surface area (Å²) in [5.41, 5.74) is 7.66. The number of alkyl carbamates (subject to hydrolysis) is 1. The van der Waals surface area contributed by atoms with Crippen LogP contribution in [0.25, 0.3) is 0 Å². The predicted octanol–water partition coefficient (Wildman–Crippen LogP) is 6.54. The lowest BCUT2D eigenvalue weighted by molar-refractivity contribution is 0.137. The molecule has 35 heavy (non-hydrogen) atoms. The zero-order valence-electron chi connectivity index (χ0n) is 18.8. The van der Waals surface area contributed by atoms with Gasteiger partial charge in [-0.1, -0.05) is 78.9 Å². The summed E-state index contributed by atoms with van der Waals surface area (Å²) in [6.45, 7) is 0.0461. The number of nitrogens with two attached hydrogens (primary N) is 1. The number of nitrogen functional groups attached to an aromatic ring is 1. The van der Waals surface area contributed by atoms with Crippen molar-refractivity contribution < 1.29 is 23.1 Å². The van der Waals surface area contributed by atoms with E-state index in [9.17, 15) is 9.36 Å². The van der Waals surface area contributed by atoms with Crippen molar-refractivity contribution in [3.05, 3.63) is 126 Å². The number of carbonyl (C=O) groups is 1. The molecular weight excluding hydrogens is 463 g/mol. The third-order valence-electron chi connectivity index (χ3n) is 4.99. The molecule has 1 unspecified atom stereocenters. The summed E-state index contributed by atoms with van der Waals surface area (Å²) in [4.78, 5) is 12.8.